The number of aryl methyl sites for hydroxylation is 1. The third-order valence-corrected chi connectivity index (χ3v) is 3.43. The summed E-state index contributed by atoms with van der Waals surface area (Å²) >= 11 is 6.28. The van der Waals surface area contributed by atoms with Crippen LogP contribution in [0.15, 0.2) is 6.07 Å². The number of benzene rings is 1. The lowest BCUT2D eigenvalue weighted by Gasteiger charge is -2.21. The first-order valence-electron chi connectivity index (χ1n) is 5.67. The predicted molar refractivity (Wildman–Crippen MR) is 72.9 cm³/mol. The molecule has 0 aliphatic carbocycles. The number of methoxy groups -OCH3 is 1. The second kappa shape index (κ2) is 6.24. The Hall–Kier alpha value is -0.770. The molecule has 0 amide bonds. The van der Waals surface area contributed by atoms with Gasteiger partial charge in [0.15, 0.2) is 0 Å². The highest BCUT2D eigenvalue weighted by molar-refractivity contribution is 6.32. The maximum atomic E-state index is 6.28. The van der Waals surface area contributed by atoms with Gasteiger partial charge in [0.05, 0.1) is 7.11 Å². The van der Waals surface area contributed by atoms with Crippen molar-refractivity contribution in [2.24, 2.45) is 0 Å². The summed E-state index contributed by atoms with van der Waals surface area (Å²) in [6.45, 7) is 5.68. The lowest BCUT2D eigenvalue weighted by atomic mass is 10.0. The molecule has 17 heavy (non-hydrogen) atoms. The molecular formula is C13H21ClN2O. The summed E-state index contributed by atoms with van der Waals surface area (Å²) < 4.78 is 5.44. The minimum absolute atomic E-state index is 0.815. The number of rotatable bonds is 5. The maximum Gasteiger partial charge on any atom is 0.123 e. The van der Waals surface area contributed by atoms with Crippen molar-refractivity contribution in [1.82, 2.24) is 10.2 Å². The summed E-state index contributed by atoms with van der Waals surface area (Å²) in [5.41, 5.74) is 3.31. The van der Waals surface area contributed by atoms with Crippen LogP contribution in [0.3, 0.4) is 0 Å². The van der Waals surface area contributed by atoms with E-state index in [-0.39, 0.29) is 0 Å². The predicted octanol–water partition coefficient (Wildman–Crippen LogP) is 2.57. The minimum atomic E-state index is 0.815. The summed E-state index contributed by atoms with van der Waals surface area (Å²) in [7, 11) is 5.69. The first-order valence-corrected chi connectivity index (χ1v) is 6.04. The smallest absolute Gasteiger partial charge is 0.123 e. The molecule has 0 saturated heterocycles. The van der Waals surface area contributed by atoms with Gasteiger partial charge in [-0.05, 0) is 45.1 Å². The monoisotopic (exact) mass is 256 g/mol. The van der Waals surface area contributed by atoms with Gasteiger partial charge in [-0.15, -0.1) is 0 Å². The summed E-state index contributed by atoms with van der Waals surface area (Å²) in [5, 5.41) is 3.95. The average molecular weight is 257 g/mol. The van der Waals surface area contributed by atoms with E-state index in [1.165, 1.54) is 0 Å². The number of halogens is 1. The number of nitrogens with zero attached hydrogens (tertiary/aromatic N) is 1. The van der Waals surface area contributed by atoms with Crippen LogP contribution in [0.5, 0.6) is 5.75 Å². The molecule has 0 aromatic heterocycles. The molecule has 1 rings (SSSR count). The number of ether oxygens (including phenoxy) is 1. The standard InChI is InChI=1S/C13H21ClN2O/c1-9-6-12(17-5)11(10(2)13(9)14)7-16(4)8-15-3/h6,15H,7-8H2,1-5H3. The Kier molecular flexibility index (Phi) is 5.25. The molecular weight excluding hydrogens is 236 g/mol. The Bertz CT molecular complexity index is 393. The van der Waals surface area contributed by atoms with E-state index >= 15 is 0 Å². The first-order chi connectivity index (χ1) is 8.01. The molecule has 0 bridgehead atoms. The van der Waals surface area contributed by atoms with Gasteiger partial charge in [0, 0.05) is 23.8 Å². The molecule has 1 N–H and O–H groups in total. The van der Waals surface area contributed by atoms with E-state index in [0.29, 0.717) is 0 Å². The zero-order valence-corrected chi connectivity index (χ0v) is 12.0. The topological polar surface area (TPSA) is 24.5 Å². The highest BCUT2D eigenvalue weighted by atomic mass is 35.5. The third-order valence-electron chi connectivity index (χ3n) is 2.85. The Morgan fingerprint density at radius 3 is 2.59 bits per heavy atom. The van der Waals surface area contributed by atoms with Gasteiger partial charge in [0.25, 0.3) is 0 Å². The number of hydrogen-bond donors (Lipinski definition) is 1. The largest absolute Gasteiger partial charge is 0.496 e. The second-order valence-corrected chi connectivity index (χ2v) is 4.72. The van der Waals surface area contributed by atoms with E-state index in [1.54, 1.807) is 7.11 Å². The SMILES string of the molecule is CNCN(C)Cc1c(OC)cc(C)c(Cl)c1C. The van der Waals surface area contributed by atoms with E-state index in [9.17, 15) is 0 Å². The van der Waals surface area contributed by atoms with Crippen LogP contribution < -0.4 is 10.1 Å². The van der Waals surface area contributed by atoms with Crippen LogP contribution in [0.2, 0.25) is 5.02 Å². The zero-order chi connectivity index (χ0) is 13.0. The van der Waals surface area contributed by atoms with Crippen molar-refractivity contribution in [2.75, 3.05) is 27.9 Å². The number of nitrogens with one attached hydrogen (secondary N) is 1. The third kappa shape index (κ3) is 3.35. The van der Waals surface area contributed by atoms with Crippen LogP contribution in [0.1, 0.15) is 16.7 Å². The molecule has 1 aromatic carbocycles. The normalized spacial score (nSPS) is 11.0. The highest BCUT2D eigenvalue weighted by Gasteiger charge is 2.13. The Labute approximate surface area is 109 Å². The van der Waals surface area contributed by atoms with Crippen molar-refractivity contribution >= 4 is 11.6 Å². The van der Waals surface area contributed by atoms with Crippen LogP contribution in [0.25, 0.3) is 0 Å². The molecule has 0 aliphatic heterocycles. The van der Waals surface area contributed by atoms with Gasteiger partial charge >= 0.3 is 0 Å². The van der Waals surface area contributed by atoms with Gasteiger partial charge in [0.1, 0.15) is 5.75 Å². The Morgan fingerprint density at radius 1 is 1.41 bits per heavy atom. The lowest BCUT2D eigenvalue weighted by Crippen LogP contribution is -2.28. The minimum Gasteiger partial charge on any atom is -0.496 e. The maximum absolute atomic E-state index is 6.28. The van der Waals surface area contributed by atoms with Crippen molar-refractivity contribution < 1.29 is 4.74 Å². The van der Waals surface area contributed by atoms with Crippen molar-refractivity contribution in [3.8, 4) is 5.75 Å². The summed E-state index contributed by atoms with van der Waals surface area (Å²) in [5.74, 6) is 0.910. The van der Waals surface area contributed by atoms with Crippen LogP contribution in [0.4, 0.5) is 0 Å². The van der Waals surface area contributed by atoms with Gasteiger partial charge in [-0.25, -0.2) is 0 Å². The van der Waals surface area contributed by atoms with Crippen molar-refractivity contribution in [1.29, 1.82) is 0 Å². The van der Waals surface area contributed by atoms with Gasteiger partial charge in [-0.3, -0.25) is 4.90 Å². The highest BCUT2D eigenvalue weighted by Crippen LogP contribution is 2.32. The molecule has 0 fully saturated rings. The quantitative estimate of drug-likeness (QED) is 0.820. The Morgan fingerprint density at radius 2 is 2.06 bits per heavy atom. The molecule has 0 saturated carbocycles. The molecule has 0 heterocycles. The van der Waals surface area contributed by atoms with E-state index in [0.717, 1.165) is 40.7 Å². The van der Waals surface area contributed by atoms with E-state index in [4.69, 9.17) is 16.3 Å². The molecule has 0 radical (unpaired) electrons. The van der Waals surface area contributed by atoms with Crippen molar-refractivity contribution in [2.45, 2.75) is 20.4 Å². The molecule has 3 nitrogen and oxygen atoms in total. The summed E-state index contributed by atoms with van der Waals surface area (Å²) in [4.78, 5) is 2.18. The fourth-order valence-corrected chi connectivity index (χ4v) is 2.10. The van der Waals surface area contributed by atoms with E-state index in [1.807, 2.05) is 27.0 Å². The zero-order valence-electron chi connectivity index (χ0n) is 11.2. The molecule has 96 valence electrons. The van der Waals surface area contributed by atoms with E-state index < -0.39 is 0 Å². The lowest BCUT2D eigenvalue weighted by molar-refractivity contribution is 0.301. The van der Waals surface area contributed by atoms with Crippen LogP contribution in [0, 0.1) is 13.8 Å². The molecule has 4 heteroatoms. The average Bonchev–Trinajstić information content (AvgIpc) is 2.30. The van der Waals surface area contributed by atoms with Crippen molar-refractivity contribution in [3.63, 3.8) is 0 Å². The molecule has 0 unspecified atom stereocenters. The van der Waals surface area contributed by atoms with Crippen molar-refractivity contribution in [3.05, 3.63) is 27.8 Å². The van der Waals surface area contributed by atoms with Gasteiger partial charge in [-0.2, -0.15) is 0 Å². The van der Waals surface area contributed by atoms with Crippen LogP contribution in [-0.4, -0.2) is 32.8 Å². The first kappa shape index (κ1) is 14.3. The van der Waals surface area contributed by atoms with Crippen LogP contribution in [-0.2, 0) is 6.54 Å². The second-order valence-electron chi connectivity index (χ2n) is 4.34. The Balaban J connectivity index is 3.08. The fourth-order valence-electron chi connectivity index (χ4n) is 1.93. The molecule has 0 spiro atoms. The van der Waals surface area contributed by atoms with Gasteiger partial charge in [-0.1, -0.05) is 11.6 Å². The summed E-state index contributed by atoms with van der Waals surface area (Å²) in [6.07, 6.45) is 0. The van der Waals surface area contributed by atoms with Gasteiger partial charge in [0.2, 0.25) is 0 Å². The molecule has 0 aliphatic rings. The molecule has 0 atom stereocenters. The van der Waals surface area contributed by atoms with Gasteiger partial charge < -0.3 is 10.1 Å². The summed E-state index contributed by atoms with van der Waals surface area (Å²) in [6, 6.07) is 2.00. The fraction of sp³-hybridized carbons (Fsp3) is 0.538. The number of hydrogen-bond acceptors (Lipinski definition) is 3. The molecule has 1 aromatic rings. The van der Waals surface area contributed by atoms with E-state index in [2.05, 4.69) is 17.3 Å². The van der Waals surface area contributed by atoms with Crippen LogP contribution >= 0.6 is 11.6 Å².